The second-order valence-electron chi connectivity index (χ2n) is 5.99. The summed E-state index contributed by atoms with van der Waals surface area (Å²) in [4.78, 5) is 2.36. The molecule has 0 heterocycles. The van der Waals surface area contributed by atoms with Crippen molar-refractivity contribution >= 4 is 0 Å². The number of benzene rings is 1. The van der Waals surface area contributed by atoms with Crippen LogP contribution in [-0.4, -0.2) is 44.8 Å². The molecule has 21 heavy (non-hydrogen) atoms. The maximum atomic E-state index is 5.63. The lowest BCUT2D eigenvalue weighted by atomic mass is 9.75. The fourth-order valence-corrected chi connectivity index (χ4v) is 2.91. The fourth-order valence-electron chi connectivity index (χ4n) is 2.91. The van der Waals surface area contributed by atoms with Crippen molar-refractivity contribution in [3.8, 4) is 11.5 Å². The Morgan fingerprint density at radius 2 is 2.00 bits per heavy atom. The lowest BCUT2D eigenvalue weighted by molar-refractivity contribution is 0.0598. The number of methoxy groups -OCH3 is 1. The van der Waals surface area contributed by atoms with Crippen LogP contribution in [0.1, 0.15) is 31.7 Å². The van der Waals surface area contributed by atoms with Gasteiger partial charge in [0.25, 0.3) is 0 Å². The first-order chi connectivity index (χ1) is 10.1. The summed E-state index contributed by atoms with van der Waals surface area (Å²) in [5.41, 5.74) is 1.59. The predicted octanol–water partition coefficient (Wildman–Crippen LogP) is 2.67. The molecule has 0 unspecified atom stereocenters. The minimum atomic E-state index is 0.356. The van der Waals surface area contributed by atoms with Crippen LogP contribution in [0.3, 0.4) is 0 Å². The van der Waals surface area contributed by atoms with Crippen LogP contribution in [0.2, 0.25) is 0 Å². The minimum Gasteiger partial charge on any atom is -0.493 e. The summed E-state index contributed by atoms with van der Waals surface area (Å²) in [5.74, 6) is 1.62. The maximum Gasteiger partial charge on any atom is 0.161 e. The summed E-state index contributed by atoms with van der Waals surface area (Å²) in [5, 5.41) is 3.59. The second kappa shape index (κ2) is 7.14. The average Bonchev–Trinajstić information content (AvgIpc) is 2.42. The zero-order chi connectivity index (χ0) is 15.3. The summed E-state index contributed by atoms with van der Waals surface area (Å²) in [6.45, 7) is 4.54. The van der Waals surface area contributed by atoms with Crippen LogP contribution in [-0.2, 0) is 6.54 Å². The Labute approximate surface area is 128 Å². The molecule has 0 radical (unpaired) electrons. The molecule has 0 atom stereocenters. The standard InChI is InChI=1S/C17H28N2O2/c1-5-21-16-11-14(7-8-15(16)20-4)12-18-13-17(19(2)3)9-6-10-17/h7-8,11,18H,5-6,9-10,12-13H2,1-4H3. The van der Waals surface area contributed by atoms with Crippen LogP contribution in [0, 0.1) is 0 Å². The van der Waals surface area contributed by atoms with Crippen molar-refractivity contribution in [1.82, 2.24) is 10.2 Å². The highest BCUT2D eigenvalue weighted by Crippen LogP contribution is 2.35. The largest absolute Gasteiger partial charge is 0.493 e. The molecule has 118 valence electrons. The smallest absolute Gasteiger partial charge is 0.161 e. The molecule has 1 saturated carbocycles. The molecule has 1 aliphatic carbocycles. The number of hydrogen-bond donors (Lipinski definition) is 1. The van der Waals surface area contributed by atoms with Gasteiger partial charge in [-0.25, -0.2) is 0 Å². The molecule has 0 aromatic heterocycles. The van der Waals surface area contributed by atoms with Crippen LogP contribution in [0.15, 0.2) is 18.2 Å². The minimum absolute atomic E-state index is 0.356. The lowest BCUT2D eigenvalue weighted by Gasteiger charge is -2.47. The van der Waals surface area contributed by atoms with Gasteiger partial charge in [-0.15, -0.1) is 0 Å². The van der Waals surface area contributed by atoms with Gasteiger partial charge in [0, 0.05) is 18.6 Å². The molecule has 1 aromatic carbocycles. The normalized spacial score (nSPS) is 16.6. The molecule has 1 aliphatic rings. The molecule has 4 heteroatoms. The number of nitrogens with zero attached hydrogens (tertiary/aromatic N) is 1. The van der Waals surface area contributed by atoms with E-state index in [0.29, 0.717) is 12.1 Å². The van der Waals surface area contributed by atoms with Crippen LogP contribution in [0.4, 0.5) is 0 Å². The third-order valence-corrected chi connectivity index (χ3v) is 4.54. The van der Waals surface area contributed by atoms with E-state index in [1.807, 2.05) is 13.0 Å². The molecule has 1 fully saturated rings. The van der Waals surface area contributed by atoms with Crippen molar-refractivity contribution in [3.63, 3.8) is 0 Å². The molecule has 0 saturated heterocycles. The van der Waals surface area contributed by atoms with Gasteiger partial charge in [-0.05, 0) is 58.0 Å². The number of ether oxygens (including phenoxy) is 2. The summed E-state index contributed by atoms with van der Waals surface area (Å²) >= 11 is 0. The molecule has 0 aliphatic heterocycles. The Kier molecular flexibility index (Phi) is 5.48. The number of likely N-dealkylation sites (N-methyl/N-ethyl adjacent to an activating group) is 1. The van der Waals surface area contributed by atoms with E-state index in [0.717, 1.165) is 24.6 Å². The third kappa shape index (κ3) is 3.69. The lowest BCUT2D eigenvalue weighted by Crippen LogP contribution is -2.56. The van der Waals surface area contributed by atoms with Gasteiger partial charge < -0.3 is 19.7 Å². The quantitative estimate of drug-likeness (QED) is 0.799. The van der Waals surface area contributed by atoms with E-state index in [1.54, 1.807) is 7.11 Å². The van der Waals surface area contributed by atoms with E-state index in [-0.39, 0.29) is 0 Å². The van der Waals surface area contributed by atoms with Gasteiger partial charge in [0.2, 0.25) is 0 Å². The zero-order valence-electron chi connectivity index (χ0n) is 13.7. The van der Waals surface area contributed by atoms with Crippen LogP contribution in [0.25, 0.3) is 0 Å². The third-order valence-electron chi connectivity index (χ3n) is 4.54. The molecule has 0 spiro atoms. The van der Waals surface area contributed by atoms with Gasteiger partial charge in [-0.1, -0.05) is 6.07 Å². The zero-order valence-corrected chi connectivity index (χ0v) is 13.7. The van der Waals surface area contributed by atoms with Gasteiger partial charge in [0.15, 0.2) is 11.5 Å². The van der Waals surface area contributed by atoms with Crippen LogP contribution in [0.5, 0.6) is 11.5 Å². The van der Waals surface area contributed by atoms with Gasteiger partial charge in [0.05, 0.1) is 13.7 Å². The van der Waals surface area contributed by atoms with Gasteiger partial charge in [-0.2, -0.15) is 0 Å². The van der Waals surface area contributed by atoms with Crippen molar-refractivity contribution in [3.05, 3.63) is 23.8 Å². The van der Waals surface area contributed by atoms with Crippen molar-refractivity contribution in [2.45, 2.75) is 38.3 Å². The van der Waals surface area contributed by atoms with E-state index >= 15 is 0 Å². The summed E-state index contributed by atoms with van der Waals surface area (Å²) < 4.78 is 10.9. The van der Waals surface area contributed by atoms with E-state index in [1.165, 1.54) is 24.8 Å². The number of nitrogens with one attached hydrogen (secondary N) is 1. The molecule has 4 nitrogen and oxygen atoms in total. The van der Waals surface area contributed by atoms with Gasteiger partial charge in [-0.3, -0.25) is 0 Å². The Bertz CT molecular complexity index is 456. The topological polar surface area (TPSA) is 33.7 Å². The summed E-state index contributed by atoms with van der Waals surface area (Å²) in [7, 11) is 6.04. The summed E-state index contributed by atoms with van der Waals surface area (Å²) in [6, 6.07) is 6.14. The van der Waals surface area contributed by atoms with Crippen LogP contribution >= 0.6 is 0 Å². The van der Waals surface area contributed by atoms with E-state index < -0.39 is 0 Å². The molecule has 0 amide bonds. The van der Waals surface area contributed by atoms with Gasteiger partial charge >= 0.3 is 0 Å². The van der Waals surface area contributed by atoms with E-state index in [2.05, 4.69) is 36.4 Å². The van der Waals surface area contributed by atoms with E-state index in [4.69, 9.17) is 9.47 Å². The van der Waals surface area contributed by atoms with Crippen LogP contribution < -0.4 is 14.8 Å². The highest BCUT2D eigenvalue weighted by atomic mass is 16.5. The van der Waals surface area contributed by atoms with Crippen molar-refractivity contribution in [2.75, 3.05) is 34.4 Å². The Hall–Kier alpha value is -1.26. The Balaban J connectivity index is 1.92. The Morgan fingerprint density at radius 3 is 2.52 bits per heavy atom. The monoisotopic (exact) mass is 292 g/mol. The Morgan fingerprint density at radius 1 is 1.24 bits per heavy atom. The van der Waals surface area contributed by atoms with E-state index in [9.17, 15) is 0 Å². The SMILES string of the molecule is CCOc1cc(CNCC2(N(C)C)CCC2)ccc1OC. The second-order valence-corrected chi connectivity index (χ2v) is 5.99. The molecular formula is C17H28N2O2. The first kappa shape index (κ1) is 16.1. The first-order valence-electron chi connectivity index (χ1n) is 7.79. The molecule has 1 aromatic rings. The average molecular weight is 292 g/mol. The fraction of sp³-hybridized carbons (Fsp3) is 0.647. The van der Waals surface area contributed by atoms with Crippen molar-refractivity contribution in [1.29, 1.82) is 0 Å². The highest BCUT2D eigenvalue weighted by molar-refractivity contribution is 5.42. The van der Waals surface area contributed by atoms with Gasteiger partial charge in [0.1, 0.15) is 0 Å². The molecular weight excluding hydrogens is 264 g/mol. The van der Waals surface area contributed by atoms with Crippen molar-refractivity contribution < 1.29 is 9.47 Å². The molecule has 0 bridgehead atoms. The maximum absolute atomic E-state index is 5.63. The number of rotatable bonds is 8. The van der Waals surface area contributed by atoms with Crippen molar-refractivity contribution in [2.24, 2.45) is 0 Å². The number of hydrogen-bond acceptors (Lipinski definition) is 4. The molecule has 2 rings (SSSR count). The first-order valence-corrected chi connectivity index (χ1v) is 7.79. The summed E-state index contributed by atoms with van der Waals surface area (Å²) in [6.07, 6.45) is 3.93. The molecule has 1 N–H and O–H groups in total. The predicted molar refractivity (Wildman–Crippen MR) is 86.1 cm³/mol. The highest BCUT2D eigenvalue weighted by Gasteiger charge is 2.38.